The first-order valence-corrected chi connectivity index (χ1v) is 12.8. The molecule has 0 spiro atoms. The van der Waals surface area contributed by atoms with Crippen LogP contribution in [0.15, 0.2) is 31.0 Å². The summed E-state index contributed by atoms with van der Waals surface area (Å²) in [4.78, 5) is 26.5. The minimum atomic E-state index is -4.68. The molecule has 0 unspecified atom stereocenters. The number of morpholine rings is 1. The molecule has 2 aromatic rings. The van der Waals surface area contributed by atoms with E-state index in [4.69, 9.17) is 9.47 Å². The van der Waals surface area contributed by atoms with E-state index in [1.54, 1.807) is 17.2 Å². The molecule has 0 aliphatic carbocycles. The summed E-state index contributed by atoms with van der Waals surface area (Å²) < 4.78 is 53.8. The standard InChI is InChI=1S/C26H29F3N6O3/c1-2-22(36)34-6-4-17(14-34)35-12-16(13-35)19-11-20-23(24(31-19)26(27,28)29)38-15-18-21(3-5-30-25(18)32-20)33-7-9-37-10-8-33/h2-3,5,11,16-17H,1,4,6-10,12-15H2,(H,30,32)/t17-/m0/s1. The molecule has 0 saturated carbocycles. The molecule has 3 fully saturated rings. The van der Waals surface area contributed by atoms with Gasteiger partial charge >= 0.3 is 6.18 Å². The number of hydrogen-bond donors (Lipinski definition) is 1. The number of ether oxygens (including phenoxy) is 2. The summed E-state index contributed by atoms with van der Waals surface area (Å²) in [5.41, 5.74) is 1.13. The molecule has 9 nitrogen and oxygen atoms in total. The predicted molar refractivity (Wildman–Crippen MR) is 134 cm³/mol. The van der Waals surface area contributed by atoms with Gasteiger partial charge in [-0.25, -0.2) is 9.97 Å². The lowest BCUT2D eigenvalue weighted by molar-refractivity contribution is -0.142. The lowest BCUT2D eigenvalue weighted by Gasteiger charge is -2.43. The van der Waals surface area contributed by atoms with Crippen molar-refractivity contribution in [3.05, 3.63) is 47.9 Å². The predicted octanol–water partition coefficient (Wildman–Crippen LogP) is 3.15. The number of fused-ring (bicyclic) bond motifs is 2. The van der Waals surface area contributed by atoms with Gasteiger partial charge in [0.25, 0.3) is 0 Å². The molecule has 12 heteroatoms. The van der Waals surface area contributed by atoms with Crippen LogP contribution in [-0.2, 0) is 22.3 Å². The van der Waals surface area contributed by atoms with Gasteiger partial charge in [-0.2, -0.15) is 13.2 Å². The Bertz CT molecular complexity index is 1240. The largest absolute Gasteiger partial charge is 0.484 e. The summed E-state index contributed by atoms with van der Waals surface area (Å²) in [5.74, 6) is -0.0739. The van der Waals surface area contributed by atoms with Crippen molar-refractivity contribution in [3.63, 3.8) is 0 Å². The fourth-order valence-corrected chi connectivity index (χ4v) is 5.67. The summed E-state index contributed by atoms with van der Waals surface area (Å²) in [6.45, 7) is 8.44. The molecule has 0 aromatic carbocycles. The Hall–Kier alpha value is -3.38. The molecular formula is C26H29F3N6O3. The maximum Gasteiger partial charge on any atom is 0.437 e. The summed E-state index contributed by atoms with van der Waals surface area (Å²) >= 11 is 0. The highest BCUT2D eigenvalue weighted by Gasteiger charge is 2.43. The Kier molecular flexibility index (Phi) is 6.39. The van der Waals surface area contributed by atoms with Gasteiger partial charge in [0.1, 0.15) is 12.4 Å². The van der Waals surface area contributed by atoms with E-state index in [0.717, 1.165) is 12.1 Å². The second-order valence-electron chi connectivity index (χ2n) is 10.0. The zero-order valence-corrected chi connectivity index (χ0v) is 20.8. The molecule has 0 radical (unpaired) electrons. The fraction of sp³-hybridized carbons (Fsp3) is 0.500. The van der Waals surface area contributed by atoms with Crippen molar-refractivity contribution in [3.8, 4) is 5.75 Å². The van der Waals surface area contributed by atoms with Gasteiger partial charge in [-0.15, -0.1) is 0 Å². The van der Waals surface area contributed by atoms with Gasteiger partial charge in [-0.05, 0) is 24.6 Å². The van der Waals surface area contributed by atoms with Crippen LogP contribution < -0.4 is 15.0 Å². The molecule has 4 aliphatic rings. The Morgan fingerprint density at radius 2 is 1.97 bits per heavy atom. The molecule has 38 heavy (non-hydrogen) atoms. The van der Waals surface area contributed by atoms with Crippen molar-refractivity contribution in [2.45, 2.75) is 31.2 Å². The van der Waals surface area contributed by atoms with Crippen LogP contribution in [0.5, 0.6) is 5.75 Å². The van der Waals surface area contributed by atoms with Gasteiger partial charge in [-0.1, -0.05) is 6.58 Å². The Morgan fingerprint density at radius 3 is 2.71 bits per heavy atom. The smallest absolute Gasteiger partial charge is 0.437 e. The van der Waals surface area contributed by atoms with Gasteiger partial charge in [0.2, 0.25) is 5.91 Å². The third kappa shape index (κ3) is 4.55. The van der Waals surface area contributed by atoms with Crippen LogP contribution >= 0.6 is 0 Å². The molecule has 1 amide bonds. The minimum Gasteiger partial charge on any atom is -0.484 e. The maximum atomic E-state index is 14.2. The van der Waals surface area contributed by atoms with Crippen LogP contribution in [0.3, 0.4) is 0 Å². The number of carbonyl (C=O) groups excluding carboxylic acids is 1. The van der Waals surface area contributed by atoms with Gasteiger partial charge in [-0.3, -0.25) is 9.69 Å². The van der Waals surface area contributed by atoms with E-state index in [1.807, 2.05) is 6.07 Å². The van der Waals surface area contributed by atoms with Crippen LogP contribution in [0.4, 0.5) is 30.4 Å². The quantitative estimate of drug-likeness (QED) is 0.604. The first-order chi connectivity index (χ1) is 18.3. The Labute approximate surface area is 218 Å². The van der Waals surface area contributed by atoms with Gasteiger partial charge in [0.05, 0.1) is 24.5 Å². The third-order valence-electron chi connectivity index (χ3n) is 7.75. The number of amides is 1. The summed E-state index contributed by atoms with van der Waals surface area (Å²) in [6, 6.07) is 3.71. The Balaban J connectivity index is 1.25. The summed E-state index contributed by atoms with van der Waals surface area (Å²) in [7, 11) is 0. The van der Waals surface area contributed by atoms with E-state index < -0.39 is 11.9 Å². The molecule has 2 aromatic heterocycles. The number of anilines is 3. The minimum absolute atomic E-state index is 0.0568. The highest BCUT2D eigenvalue weighted by atomic mass is 19.4. The average Bonchev–Trinajstić information content (AvgIpc) is 3.28. The molecule has 202 valence electrons. The van der Waals surface area contributed by atoms with Crippen molar-refractivity contribution in [2.24, 2.45) is 0 Å². The first-order valence-electron chi connectivity index (χ1n) is 12.8. The number of nitrogens with one attached hydrogen (secondary N) is 1. The lowest BCUT2D eigenvalue weighted by Crippen LogP contribution is -2.52. The van der Waals surface area contributed by atoms with E-state index >= 15 is 0 Å². The molecule has 0 bridgehead atoms. The Morgan fingerprint density at radius 1 is 1.18 bits per heavy atom. The van der Waals surface area contributed by atoms with E-state index in [2.05, 4.69) is 31.7 Å². The van der Waals surface area contributed by atoms with Crippen LogP contribution in [0.1, 0.15) is 29.3 Å². The number of hydrogen-bond acceptors (Lipinski definition) is 8. The number of likely N-dealkylation sites (tertiary alicyclic amines) is 2. The zero-order valence-electron chi connectivity index (χ0n) is 20.8. The molecule has 1 atom stereocenters. The highest BCUT2D eigenvalue weighted by Crippen LogP contribution is 2.45. The number of rotatable bonds is 4. The van der Waals surface area contributed by atoms with E-state index in [-0.39, 0.29) is 35.9 Å². The number of halogens is 3. The van der Waals surface area contributed by atoms with Crippen LogP contribution in [-0.4, -0.2) is 84.2 Å². The van der Waals surface area contributed by atoms with Gasteiger partial charge in [0.15, 0.2) is 11.4 Å². The van der Waals surface area contributed by atoms with Crippen LogP contribution in [0.25, 0.3) is 0 Å². The summed E-state index contributed by atoms with van der Waals surface area (Å²) in [6.07, 6.45) is -0.883. The number of pyridine rings is 2. The normalized spacial score (nSPS) is 22.0. The first kappa shape index (κ1) is 24.9. The second kappa shape index (κ2) is 9.73. The van der Waals surface area contributed by atoms with Gasteiger partial charge in [0, 0.05) is 68.8 Å². The number of nitrogens with zero attached hydrogens (tertiary/aromatic N) is 5. The summed E-state index contributed by atoms with van der Waals surface area (Å²) in [5, 5.41) is 3.13. The van der Waals surface area contributed by atoms with Crippen molar-refractivity contribution in [2.75, 3.05) is 62.7 Å². The fourth-order valence-electron chi connectivity index (χ4n) is 5.67. The average molecular weight is 531 g/mol. The van der Waals surface area contributed by atoms with E-state index in [9.17, 15) is 18.0 Å². The molecule has 4 aliphatic heterocycles. The molecular weight excluding hydrogens is 501 g/mol. The topological polar surface area (TPSA) is 83.1 Å². The van der Waals surface area contributed by atoms with Crippen molar-refractivity contribution >= 4 is 23.1 Å². The van der Waals surface area contributed by atoms with Crippen LogP contribution in [0.2, 0.25) is 0 Å². The third-order valence-corrected chi connectivity index (χ3v) is 7.75. The molecule has 6 rings (SSSR count). The SMILES string of the molecule is C=CC(=O)N1CC[C@H](N2CC(c3cc4c(c(C(F)(F)F)n3)OCc3c(N5CCOCC5)ccnc3N4)C2)C1. The van der Waals surface area contributed by atoms with E-state index in [0.29, 0.717) is 69.6 Å². The number of alkyl halides is 3. The second-order valence-corrected chi connectivity index (χ2v) is 10.0. The molecule has 1 N–H and O–H groups in total. The van der Waals surface area contributed by atoms with Crippen molar-refractivity contribution < 1.29 is 27.4 Å². The molecule has 3 saturated heterocycles. The number of carbonyl (C=O) groups is 1. The highest BCUT2D eigenvalue weighted by molar-refractivity contribution is 5.87. The maximum absolute atomic E-state index is 14.2. The number of aromatic nitrogens is 2. The van der Waals surface area contributed by atoms with Crippen LogP contribution in [0, 0.1) is 0 Å². The monoisotopic (exact) mass is 530 g/mol. The van der Waals surface area contributed by atoms with Gasteiger partial charge < -0.3 is 24.6 Å². The van der Waals surface area contributed by atoms with Crippen molar-refractivity contribution in [1.29, 1.82) is 0 Å². The van der Waals surface area contributed by atoms with E-state index in [1.165, 1.54) is 6.08 Å². The van der Waals surface area contributed by atoms with Crippen molar-refractivity contribution in [1.82, 2.24) is 19.8 Å². The zero-order chi connectivity index (χ0) is 26.4. The lowest BCUT2D eigenvalue weighted by atomic mass is 9.92. The molecule has 6 heterocycles.